The minimum absolute atomic E-state index is 0.0680. The molecular formula is C17H15ClO3. The van der Waals surface area contributed by atoms with Gasteiger partial charge in [-0.1, -0.05) is 48.0 Å². The maximum atomic E-state index is 12.0. The number of hydrogen-bond donors (Lipinski definition) is 0. The van der Waals surface area contributed by atoms with Crippen LogP contribution in [0.15, 0.2) is 48.5 Å². The highest BCUT2D eigenvalue weighted by Crippen LogP contribution is 2.36. The van der Waals surface area contributed by atoms with Crippen LogP contribution < -0.4 is 9.47 Å². The number of benzene rings is 2. The summed E-state index contributed by atoms with van der Waals surface area (Å²) in [7, 11) is 3.06. The van der Waals surface area contributed by atoms with E-state index in [1.807, 2.05) is 18.2 Å². The summed E-state index contributed by atoms with van der Waals surface area (Å²) in [6.07, 6.45) is 3.20. The molecule has 0 unspecified atom stereocenters. The van der Waals surface area contributed by atoms with Crippen LogP contribution >= 0.6 is 11.6 Å². The molecule has 0 aliphatic heterocycles. The van der Waals surface area contributed by atoms with Crippen molar-refractivity contribution in [3.05, 3.63) is 64.7 Å². The number of ketones is 1. The Bertz CT molecular complexity index is 663. The fourth-order valence-corrected chi connectivity index (χ4v) is 2.20. The van der Waals surface area contributed by atoms with Gasteiger partial charge in [-0.05, 0) is 23.8 Å². The first-order chi connectivity index (χ1) is 10.2. The third-order valence-electron chi connectivity index (χ3n) is 2.94. The second-order valence-electron chi connectivity index (χ2n) is 4.30. The zero-order valence-corrected chi connectivity index (χ0v) is 12.6. The van der Waals surface area contributed by atoms with Crippen molar-refractivity contribution in [3.8, 4) is 11.5 Å². The lowest BCUT2D eigenvalue weighted by Gasteiger charge is -2.10. The monoisotopic (exact) mass is 302 g/mol. The maximum absolute atomic E-state index is 12.0. The van der Waals surface area contributed by atoms with Gasteiger partial charge in [-0.2, -0.15) is 0 Å². The van der Waals surface area contributed by atoms with Crippen molar-refractivity contribution in [2.45, 2.75) is 0 Å². The Hall–Kier alpha value is -2.26. The Morgan fingerprint density at radius 2 is 1.81 bits per heavy atom. The van der Waals surface area contributed by atoms with Crippen LogP contribution in [-0.2, 0) is 0 Å². The zero-order valence-electron chi connectivity index (χ0n) is 11.8. The highest BCUT2D eigenvalue weighted by molar-refractivity contribution is 6.32. The second-order valence-corrected chi connectivity index (χ2v) is 4.71. The second kappa shape index (κ2) is 6.95. The molecule has 21 heavy (non-hydrogen) atoms. The van der Waals surface area contributed by atoms with Gasteiger partial charge in [0, 0.05) is 5.56 Å². The van der Waals surface area contributed by atoms with Crippen LogP contribution in [0, 0.1) is 0 Å². The number of allylic oxidation sites excluding steroid dienone is 1. The molecule has 0 saturated carbocycles. The first-order valence-corrected chi connectivity index (χ1v) is 6.72. The predicted molar refractivity (Wildman–Crippen MR) is 84.4 cm³/mol. The quantitative estimate of drug-likeness (QED) is 0.612. The summed E-state index contributed by atoms with van der Waals surface area (Å²) < 4.78 is 10.4. The minimum Gasteiger partial charge on any atom is -0.493 e. The molecule has 0 fully saturated rings. The van der Waals surface area contributed by atoms with Crippen LogP contribution in [0.5, 0.6) is 11.5 Å². The molecule has 0 aliphatic rings. The van der Waals surface area contributed by atoms with Crippen LogP contribution in [0.25, 0.3) is 6.08 Å². The highest BCUT2D eigenvalue weighted by atomic mass is 35.5. The third-order valence-corrected chi connectivity index (χ3v) is 3.22. The van der Waals surface area contributed by atoms with Gasteiger partial charge in [0.2, 0.25) is 0 Å². The first kappa shape index (κ1) is 15.1. The molecule has 2 aromatic carbocycles. The number of methoxy groups -OCH3 is 2. The predicted octanol–water partition coefficient (Wildman–Crippen LogP) is 4.25. The van der Waals surface area contributed by atoms with Crippen molar-refractivity contribution in [2.24, 2.45) is 0 Å². The topological polar surface area (TPSA) is 35.5 Å². The average Bonchev–Trinajstić information content (AvgIpc) is 2.52. The molecule has 0 amide bonds. The molecule has 0 saturated heterocycles. The van der Waals surface area contributed by atoms with E-state index in [2.05, 4.69) is 0 Å². The summed E-state index contributed by atoms with van der Waals surface area (Å²) in [5.74, 6) is 0.934. The van der Waals surface area contributed by atoms with Gasteiger partial charge in [0.1, 0.15) is 0 Å². The standard InChI is InChI=1S/C17H15ClO3/c1-20-16-11-12(10-14(18)17(16)21-2)8-9-15(19)13-6-4-3-5-7-13/h3-11H,1-2H3/b9-8+. The van der Waals surface area contributed by atoms with E-state index in [1.54, 1.807) is 30.3 Å². The van der Waals surface area contributed by atoms with E-state index >= 15 is 0 Å². The summed E-state index contributed by atoms with van der Waals surface area (Å²) in [6.45, 7) is 0. The summed E-state index contributed by atoms with van der Waals surface area (Å²) in [5.41, 5.74) is 1.40. The van der Waals surface area contributed by atoms with Crippen LogP contribution in [-0.4, -0.2) is 20.0 Å². The first-order valence-electron chi connectivity index (χ1n) is 6.34. The number of carbonyl (C=O) groups is 1. The van der Waals surface area contributed by atoms with Crippen molar-refractivity contribution < 1.29 is 14.3 Å². The Balaban J connectivity index is 2.25. The van der Waals surface area contributed by atoms with Crippen molar-refractivity contribution in [3.63, 3.8) is 0 Å². The summed E-state index contributed by atoms with van der Waals surface area (Å²) in [6, 6.07) is 12.6. The zero-order chi connectivity index (χ0) is 15.2. The van der Waals surface area contributed by atoms with Crippen LogP contribution in [0.3, 0.4) is 0 Å². The van der Waals surface area contributed by atoms with Crippen molar-refractivity contribution >= 4 is 23.5 Å². The molecular weight excluding hydrogens is 288 g/mol. The molecule has 0 bridgehead atoms. The molecule has 3 nitrogen and oxygen atoms in total. The van der Waals surface area contributed by atoms with Gasteiger partial charge in [0.15, 0.2) is 17.3 Å². The van der Waals surface area contributed by atoms with Crippen molar-refractivity contribution in [1.82, 2.24) is 0 Å². The van der Waals surface area contributed by atoms with Gasteiger partial charge in [-0.15, -0.1) is 0 Å². The molecule has 108 valence electrons. The third kappa shape index (κ3) is 3.64. The van der Waals surface area contributed by atoms with Crippen LogP contribution in [0.2, 0.25) is 5.02 Å². The maximum Gasteiger partial charge on any atom is 0.185 e. The lowest BCUT2D eigenvalue weighted by atomic mass is 10.1. The number of hydrogen-bond acceptors (Lipinski definition) is 3. The normalized spacial score (nSPS) is 10.6. The van der Waals surface area contributed by atoms with Gasteiger partial charge in [-0.25, -0.2) is 0 Å². The largest absolute Gasteiger partial charge is 0.493 e. The molecule has 4 heteroatoms. The fourth-order valence-electron chi connectivity index (χ4n) is 1.90. The van der Waals surface area contributed by atoms with E-state index in [9.17, 15) is 4.79 Å². The van der Waals surface area contributed by atoms with Gasteiger partial charge in [0.05, 0.1) is 19.2 Å². The Labute approximate surface area is 128 Å². The van der Waals surface area contributed by atoms with Crippen molar-refractivity contribution in [1.29, 1.82) is 0 Å². The Morgan fingerprint density at radius 3 is 2.43 bits per heavy atom. The average molecular weight is 303 g/mol. The molecule has 2 aromatic rings. The van der Waals surface area contributed by atoms with E-state index < -0.39 is 0 Å². The number of carbonyl (C=O) groups excluding carboxylic acids is 1. The van der Waals surface area contributed by atoms with Gasteiger partial charge in [0.25, 0.3) is 0 Å². The number of ether oxygens (including phenoxy) is 2. The van der Waals surface area contributed by atoms with E-state index in [-0.39, 0.29) is 5.78 Å². The summed E-state index contributed by atoms with van der Waals surface area (Å²) in [5, 5.41) is 0.434. The molecule has 0 radical (unpaired) electrons. The SMILES string of the molecule is COc1cc(/C=C/C(=O)c2ccccc2)cc(Cl)c1OC. The molecule has 0 aliphatic carbocycles. The van der Waals surface area contributed by atoms with Crippen LogP contribution in [0.4, 0.5) is 0 Å². The van der Waals surface area contributed by atoms with Gasteiger partial charge < -0.3 is 9.47 Å². The Morgan fingerprint density at radius 1 is 1.10 bits per heavy atom. The van der Waals surface area contributed by atoms with Crippen LogP contribution in [0.1, 0.15) is 15.9 Å². The Kier molecular flexibility index (Phi) is 5.01. The minimum atomic E-state index is -0.0680. The van der Waals surface area contributed by atoms with E-state index in [1.165, 1.54) is 20.3 Å². The van der Waals surface area contributed by atoms with E-state index in [4.69, 9.17) is 21.1 Å². The summed E-state index contributed by atoms with van der Waals surface area (Å²) in [4.78, 5) is 12.0. The lowest BCUT2D eigenvalue weighted by Crippen LogP contribution is -1.94. The number of halogens is 1. The van der Waals surface area contributed by atoms with E-state index in [0.717, 1.165) is 5.56 Å². The molecule has 0 aromatic heterocycles. The molecule has 2 rings (SSSR count). The molecule has 0 N–H and O–H groups in total. The smallest absolute Gasteiger partial charge is 0.185 e. The van der Waals surface area contributed by atoms with E-state index in [0.29, 0.717) is 22.1 Å². The van der Waals surface area contributed by atoms with Gasteiger partial charge in [-0.3, -0.25) is 4.79 Å². The molecule has 0 spiro atoms. The number of rotatable bonds is 5. The summed E-state index contributed by atoms with van der Waals surface area (Å²) >= 11 is 6.12. The van der Waals surface area contributed by atoms with Gasteiger partial charge >= 0.3 is 0 Å². The molecule has 0 atom stereocenters. The lowest BCUT2D eigenvalue weighted by molar-refractivity contribution is 0.104. The molecule has 0 heterocycles. The highest BCUT2D eigenvalue weighted by Gasteiger charge is 2.10. The fraction of sp³-hybridized carbons (Fsp3) is 0.118. The van der Waals surface area contributed by atoms with Crippen molar-refractivity contribution in [2.75, 3.05) is 14.2 Å².